The summed E-state index contributed by atoms with van der Waals surface area (Å²) in [5.74, 6) is -0.177. The molecule has 1 unspecified atom stereocenters. The number of fused-ring (bicyclic) bond motifs is 1. The third-order valence-electron chi connectivity index (χ3n) is 4.22. The number of aromatic nitrogens is 2. The highest BCUT2D eigenvalue weighted by Gasteiger charge is 2.27. The van der Waals surface area contributed by atoms with Crippen LogP contribution in [0.15, 0.2) is 30.3 Å². The summed E-state index contributed by atoms with van der Waals surface area (Å²) in [6, 6.07) is 10.3. The van der Waals surface area contributed by atoms with Crippen LogP contribution in [0, 0.1) is 0 Å². The van der Waals surface area contributed by atoms with Crippen LogP contribution in [-0.4, -0.2) is 33.9 Å². The maximum Gasteiger partial charge on any atom is 0.271 e. The summed E-state index contributed by atoms with van der Waals surface area (Å²) in [6.45, 7) is 0.749. The number of benzene rings is 1. The number of aliphatic hydroxyl groups excluding tert-OH is 1. The Balaban J connectivity index is 1.86. The first kappa shape index (κ1) is 14.8. The van der Waals surface area contributed by atoms with Crippen LogP contribution in [-0.2, 0) is 25.8 Å². The molecular weight excluding hydrogens is 278 g/mol. The van der Waals surface area contributed by atoms with Gasteiger partial charge in [0.1, 0.15) is 0 Å². The topological polar surface area (TPSA) is 67.2 Å². The van der Waals surface area contributed by atoms with Crippen molar-refractivity contribution in [3.05, 3.63) is 52.8 Å². The van der Waals surface area contributed by atoms with Crippen molar-refractivity contribution in [2.75, 3.05) is 7.05 Å². The van der Waals surface area contributed by atoms with Gasteiger partial charge in [-0.1, -0.05) is 30.3 Å². The van der Waals surface area contributed by atoms with Gasteiger partial charge in [0.05, 0.1) is 6.10 Å². The fourth-order valence-electron chi connectivity index (χ4n) is 3.03. The molecule has 0 bridgehead atoms. The van der Waals surface area contributed by atoms with E-state index in [2.05, 4.69) is 22.5 Å². The van der Waals surface area contributed by atoms with Crippen LogP contribution in [0.3, 0.4) is 0 Å². The average Bonchev–Trinajstić information content (AvgIpc) is 2.91. The molecule has 0 radical (unpaired) electrons. The van der Waals surface area contributed by atoms with E-state index in [1.807, 2.05) is 22.9 Å². The lowest BCUT2D eigenvalue weighted by Crippen LogP contribution is -2.24. The van der Waals surface area contributed by atoms with Crippen LogP contribution in [0.5, 0.6) is 0 Å². The lowest BCUT2D eigenvalue weighted by Gasteiger charge is -2.19. The van der Waals surface area contributed by atoms with Crippen LogP contribution in [0.25, 0.3) is 0 Å². The number of amides is 1. The van der Waals surface area contributed by atoms with E-state index in [1.54, 1.807) is 7.05 Å². The number of hydrogen-bond acceptors (Lipinski definition) is 3. The van der Waals surface area contributed by atoms with Crippen molar-refractivity contribution in [2.24, 2.45) is 0 Å². The van der Waals surface area contributed by atoms with Crippen molar-refractivity contribution in [3.63, 3.8) is 0 Å². The average molecular weight is 299 g/mol. The third kappa shape index (κ3) is 2.90. The Kier molecular flexibility index (Phi) is 4.24. The van der Waals surface area contributed by atoms with Gasteiger partial charge in [0.25, 0.3) is 5.91 Å². The molecule has 5 nitrogen and oxygen atoms in total. The van der Waals surface area contributed by atoms with E-state index in [0.29, 0.717) is 12.1 Å². The van der Waals surface area contributed by atoms with Gasteiger partial charge in [-0.2, -0.15) is 5.10 Å². The molecule has 1 aromatic heterocycles. The smallest absolute Gasteiger partial charge is 0.271 e. The minimum atomic E-state index is -0.373. The standard InChI is InChI=1S/C17H21N3O2/c1-18-17(22)16-14-11-13(21)7-8-15(14)20(19-16)10-9-12-5-3-2-4-6-12/h2-6,13,21H,7-11H2,1H3,(H,18,22). The maximum atomic E-state index is 12.0. The molecule has 0 aliphatic heterocycles. The molecule has 2 aromatic rings. The van der Waals surface area contributed by atoms with E-state index in [-0.39, 0.29) is 12.0 Å². The fourth-order valence-corrected chi connectivity index (χ4v) is 3.03. The van der Waals surface area contributed by atoms with Crippen molar-refractivity contribution in [1.29, 1.82) is 0 Å². The quantitative estimate of drug-likeness (QED) is 0.895. The molecule has 0 spiro atoms. The summed E-state index contributed by atoms with van der Waals surface area (Å²) in [4.78, 5) is 12.0. The Hall–Kier alpha value is -2.14. The first-order valence-electron chi connectivity index (χ1n) is 7.71. The Morgan fingerprint density at radius 3 is 2.91 bits per heavy atom. The first-order valence-corrected chi connectivity index (χ1v) is 7.71. The van der Waals surface area contributed by atoms with Gasteiger partial charge in [0, 0.05) is 31.3 Å². The highest BCUT2D eigenvalue weighted by molar-refractivity contribution is 5.93. The summed E-state index contributed by atoms with van der Waals surface area (Å²) in [5.41, 5.74) is 3.72. The SMILES string of the molecule is CNC(=O)c1nn(CCc2ccccc2)c2c1CC(O)CC2. The minimum Gasteiger partial charge on any atom is -0.393 e. The minimum absolute atomic E-state index is 0.177. The van der Waals surface area contributed by atoms with Crippen molar-refractivity contribution >= 4 is 5.91 Å². The van der Waals surface area contributed by atoms with Gasteiger partial charge >= 0.3 is 0 Å². The molecule has 1 amide bonds. The highest BCUT2D eigenvalue weighted by atomic mass is 16.3. The van der Waals surface area contributed by atoms with Gasteiger partial charge in [-0.3, -0.25) is 9.48 Å². The number of carbonyl (C=O) groups excluding carboxylic acids is 1. The lowest BCUT2D eigenvalue weighted by atomic mass is 9.93. The normalized spacial score (nSPS) is 17.1. The van der Waals surface area contributed by atoms with E-state index in [9.17, 15) is 9.90 Å². The zero-order chi connectivity index (χ0) is 15.5. The molecule has 1 aromatic carbocycles. The molecule has 5 heteroatoms. The van der Waals surface area contributed by atoms with E-state index >= 15 is 0 Å². The van der Waals surface area contributed by atoms with Crippen molar-refractivity contribution < 1.29 is 9.90 Å². The van der Waals surface area contributed by atoms with E-state index in [4.69, 9.17) is 0 Å². The lowest BCUT2D eigenvalue weighted by molar-refractivity contribution is 0.0955. The van der Waals surface area contributed by atoms with Gasteiger partial charge < -0.3 is 10.4 Å². The monoisotopic (exact) mass is 299 g/mol. The molecule has 1 aliphatic carbocycles. The summed E-state index contributed by atoms with van der Waals surface area (Å²) >= 11 is 0. The largest absolute Gasteiger partial charge is 0.393 e. The third-order valence-corrected chi connectivity index (χ3v) is 4.22. The Bertz CT molecular complexity index is 664. The molecule has 116 valence electrons. The second kappa shape index (κ2) is 6.32. The number of rotatable bonds is 4. The molecule has 2 N–H and O–H groups in total. The van der Waals surface area contributed by atoms with Crippen LogP contribution in [0.2, 0.25) is 0 Å². The molecule has 0 fully saturated rings. The van der Waals surface area contributed by atoms with E-state index < -0.39 is 0 Å². The number of aliphatic hydroxyl groups is 1. The van der Waals surface area contributed by atoms with Crippen LogP contribution < -0.4 is 5.32 Å². The maximum absolute atomic E-state index is 12.0. The second-order valence-electron chi connectivity index (χ2n) is 5.71. The summed E-state index contributed by atoms with van der Waals surface area (Å²) in [5, 5.41) is 17.0. The van der Waals surface area contributed by atoms with Gasteiger partial charge in [-0.05, 0) is 24.8 Å². The molecule has 1 aliphatic rings. The predicted octanol–water partition coefficient (Wildman–Crippen LogP) is 1.33. The number of carbonyl (C=O) groups is 1. The van der Waals surface area contributed by atoms with Crippen LogP contribution in [0.1, 0.15) is 33.7 Å². The van der Waals surface area contributed by atoms with E-state index in [1.165, 1.54) is 5.56 Å². The van der Waals surface area contributed by atoms with Crippen LogP contribution in [0.4, 0.5) is 0 Å². The number of aryl methyl sites for hydroxylation is 2. The summed E-state index contributed by atoms with van der Waals surface area (Å²) in [7, 11) is 1.61. The van der Waals surface area contributed by atoms with Gasteiger partial charge in [0.2, 0.25) is 0 Å². The Morgan fingerprint density at radius 2 is 2.18 bits per heavy atom. The number of hydrogen-bond donors (Lipinski definition) is 2. The summed E-state index contributed by atoms with van der Waals surface area (Å²) < 4.78 is 1.94. The highest BCUT2D eigenvalue weighted by Crippen LogP contribution is 2.25. The second-order valence-corrected chi connectivity index (χ2v) is 5.71. The number of nitrogens with zero attached hydrogens (tertiary/aromatic N) is 2. The first-order chi connectivity index (χ1) is 10.7. The molecule has 0 saturated carbocycles. The van der Waals surface area contributed by atoms with Gasteiger partial charge in [-0.25, -0.2) is 0 Å². The van der Waals surface area contributed by atoms with E-state index in [0.717, 1.165) is 37.1 Å². The zero-order valence-corrected chi connectivity index (χ0v) is 12.7. The van der Waals surface area contributed by atoms with Gasteiger partial charge in [0.15, 0.2) is 5.69 Å². The fraction of sp³-hybridized carbons (Fsp3) is 0.412. The predicted molar refractivity (Wildman–Crippen MR) is 83.8 cm³/mol. The number of nitrogens with one attached hydrogen (secondary N) is 1. The van der Waals surface area contributed by atoms with Crippen molar-refractivity contribution in [2.45, 2.75) is 38.3 Å². The van der Waals surface area contributed by atoms with Crippen molar-refractivity contribution in [1.82, 2.24) is 15.1 Å². The zero-order valence-electron chi connectivity index (χ0n) is 12.7. The molecule has 3 rings (SSSR count). The Labute approximate surface area is 130 Å². The van der Waals surface area contributed by atoms with Crippen molar-refractivity contribution in [3.8, 4) is 0 Å². The summed E-state index contributed by atoms with van der Waals surface area (Å²) in [6.07, 6.45) is 2.53. The molecule has 1 atom stereocenters. The molecule has 22 heavy (non-hydrogen) atoms. The van der Waals surface area contributed by atoms with Crippen LogP contribution >= 0.6 is 0 Å². The van der Waals surface area contributed by atoms with Gasteiger partial charge in [-0.15, -0.1) is 0 Å². The molecular formula is C17H21N3O2. The molecule has 1 heterocycles. The molecule has 0 saturated heterocycles. The Morgan fingerprint density at radius 1 is 1.41 bits per heavy atom.